The molecule has 0 saturated heterocycles. The Morgan fingerprint density at radius 2 is 0.786 bits per heavy atom. The quantitative estimate of drug-likeness (QED) is 0.0752. The van der Waals surface area contributed by atoms with Crippen LogP contribution >= 0.6 is 0 Å². The Morgan fingerprint density at radius 1 is 0.471 bits per heavy atom. The predicted molar refractivity (Wildman–Crippen MR) is 252 cm³/mol. The summed E-state index contributed by atoms with van der Waals surface area (Å²) in [7, 11) is 0. The van der Waals surface area contributed by atoms with E-state index in [0.717, 1.165) is 82.3 Å². The Kier molecular flexibility index (Phi) is 13.2. The van der Waals surface area contributed by atoms with E-state index in [1.54, 1.807) is 48.5 Å². The molecule has 2 heterocycles. The van der Waals surface area contributed by atoms with Crippen molar-refractivity contribution in [3.63, 3.8) is 0 Å². The van der Waals surface area contributed by atoms with E-state index in [0.29, 0.717) is 51.2 Å². The minimum absolute atomic E-state index is 0.190. The first kappa shape index (κ1) is 47.0. The third kappa shape index (κ3) is 10.5. The van der Waals surface area contributed by atoms with Crippen LogP contribution in [0.4, 0.5) is 9.59 Å². The number of rotatable bonds is 13. The molecule has 376 valence electrons. The van der Waals surface area contributed by atoms with Gasteiger partial charge < -0.3 is 24.7 Å². The highest BCUT2D eigenvalue weighted by Gasteiger charge is 2.52. The van der Waals surface area contributed by atoms with Crippen LogP contribution in [-0.4, -0.2) is 74.7 Å². The van der Waals surface area contributed by atoms with E-state index in [9.17, 15) is 19.2 Å². The first-order valence-corrected chi connectivity index (χ1v) is 26.3. The number of nitrogens with zero attached hydrogens (tertiary/aromatic N) is 6. The van der Waals surface area contributed by atoms with Gasteiger partial charge in [-0.1, -0.05) is 34.0 Å². The van der Waals surface area contributed by atoms with Gasteiger partial charge in [0.2, 0.25) is 13.6 Å². The van der Waals surface area contributed by atoms with Gasteiger partial charge in [0, 0.05) is 12.8 Å². The highest BCUT2D eigenvalue weighted by molar-refractivity contribution is 5.75. The first-order chi connectivity index (χ1) is 34.0. The van der Waals surface area contributed by atoms with Crippen molar-refractivity contribution in [1.29, 1.82) is 0 Å². The lowest BCUT2D eigenvalue weighted by Gasteiger charge is -2.57. The van der Waals surface area contributed by atoms with Gasteiger partial charge in [-0.05, 0) is 239 Å². The van der Waals surface area contributed by atoms with E-state index >= 15 is 0 Å². The minimum Gasteiger partial charge on any atom is -0.428 e. The highest BCUT2D eigenvalue weighted by atomic mass is 16.9. The Labute approximate surface area is 408 Å². The molecule has 16 rings (SSSR count). The summed E-state index contributed by atoms with van der Waals surface area (Å²) in [5.41, 5.74) is 9.35. The standard InChI is InChI=1S/C27H40O4.C15H10N6O6.C11H19N/c28-24(1-3-26-11-18-5-19(12-26)7-20(6-18)13-26)30-17-31-25(29)2-4-27-14-21-8-22(15-27)10-23(9-21)16-27;22-14(26-20-12-7-3-1-5-10(12)16-18-20)24-9-25-15(23)27-21-13-8-4-2-6-11(13)17-19-21;12-7-11-4-8-1-9(5-11)3-10(2-8)6-11/h18-23H,1-17H2;1-8H,9H2;8-10H,1-7,12H2. The van der Waals surface area contributed by atoms with Crippen molar-refractivity contribution in [1.82, 2.24) is 30.3 Å². The van der Waals surface area contributed by atoms with Crippen LogP contribution in [0.3, 0.4) is 0 Å². The summed E-state index contributed by atoms with van der Waals surface area (Å²) in [6.07, 6.45) is 26.2. The molecule has 0 aliphatic heterocycles. The molecular weight excluding hydrogens is 895 g/mol. The third-order valence-corrected chi connectivity index (χ3v) is 18.4. The van der Waals surface area contributed by atoms with Gasteiger partial charge >= 0.3 is 24.2 Å². The van der Waals surface area contributed by atoms with Crippen molar-refractivity contribution in [3.8, 4) is 0 Å². The van der Waals surface area contributed by atoms with E-state index in [2.05, 4.69) is 30.1 Å². The number of aromatic nitrogens is 6. The number of esters is 2. The lowest BCUT2D eigenvalue weighted by molar-refractivity contribution is -0.169. The normalized spacial score (nSPS) is 34.3. The lowest BCUT2D eigenvalue weighted by Crippen LogP contribution is -2.49. The van der Waals surface area contributed by atoms with Crippen LogP contribution in [0.1, 0.15) is 141 Å². The molecule has 12 fully saturated rings. The number of fused-ring (bicyclic) bond motifs is 2. The molecule has 70 heavy (non-hydrogen) atoms. The van der Waals surface area contributed by atoms with E-state index in [-0.39, 0.29) is 18.7 Å². The summed E-state index contributed by atoms with van der Waals surface area (Å²) >= 11 is 0. The number of carbonyl (C=O) groups excluding carboxylic acids is 4. The maximum absolute atomic E-state index is 12.3. The van der Waals surface area contributed by atoms with Gasteiger partial charge in [0.1, 0.15) is 22.1 Å². The van der Waals surface area contributed by atoms with Crippen molar-refractivity contribution in [2.75, 3.05) is 20.1 Å². The summed E-state index contributed by atoms with van der Waals surface area (Å²) in [6, 6.07) is 13.7. The van der Waals surface area contributed by atoms with Crippen LogP contribution in [-0.2, 0) is 28.5 Å². The average molecular weight is 964 g/mol. The van der Waals surface area contributed by atoms with Gasteiger partial charge in [-0.15, -0.1) is 10.2 Å². The highest BCUT2D eigenvalue weighted by Crippen LogP contribution is 2.63. The number of nitrogens with two attached hydrogens (primary N) is 1. The second-order valence-electron chi connectivity index (χ2n) is 23.6. The predicted octanol–water partition coefficient (Wildman–Crippen LogP) is 9.15. The fourth-order valence-electron chi connectivity index (χ4n) is 16.9. The van der Waals surface area contributed by atoms with Crippen LogP contribution in [0.25, 0.3) is 22.1 Å². The SMILES string of the molecule is NCC12CC3CC(CC(C3)C1)C2.O=C(CCC12CC3CC(CC(C3)C1)C2)OCOC(=O)CCC12CC3CC(CC(C3)C1)C2.O=C(OCOC(=O)On1nnc2ccccc21)On1nnc2ccccc21. The smallest absolute Gasteiger partial charge is 0.428 e. The van der Waals surface area contributed by atoms with Crippen LogP contribution < -0.4 is 15.4 Å². The van der Waals surface area contributed by atoms with Crippen molar-refractivity contribution in [2.45, 2.75) is 141 Å². The van der Waals surface area contributed by atoms with E-state index < -0.39 is 19.1 Å². The molecule has 12 aliphatic rings. The summed E-state index contributed by atoms with van der Waals surface area (Å²) in [4.78, 5) is 59.3. The molecule has 17 heteroatoms. The van der Waals surface area contributed by atoms with E-state index in [1.165, 1.54) is 116 Å². The van der Waals surface area contributed by atoms with Crippen LogP contribution in [0.15, 0.2) is 48.5 Å². The number of ether oxygens (including phenoxy) is 4. The van der Waals surface area contributed by atoms with Gasteiger partial charge in [-0.3, -0.25) is 19.3 Å². The monoisotopic (exact) mass is 964 g/mol. The molecule has 12 aliphatic carbocycles. The lowest BCUT2D eigenvalue weighted by atomic mass is 9.48. The largest absolute Gasteiger partial charge is 0.538 e. The van der Waals surface area contributed by atoms with Crippen molar-refractivity contribution in [2.24, 2.45) is 75.2 Å². The molecule has 4 aromatic rings. The summed E-state index contributed by atoms with van der Waals surface area (Å²) < 4.78 is 19.8. The average Bonchev–Trinajstić information content (AvgIpc) is 3.93. The first-order valence-electron chi connectivity index (χ1n) is 26.3. The molecule has 0 radical (unpaired) electrons. The van der Waals surface area contributed by atoms with Gasteiger partial charge in [-0.2, -0.15) is 0 Å². The van der Waals surface area contributed by atoms with Crippen LogP contribution in [0, 0.1) is 69.5 Å². The Hall–Kier alpha value is -5.32. The minimum atomic E-state index is -1.15. The van der Waals surface area contributed by atoms with Gasteiger partial charge in [-0.25, -0.2) is 9.59 Å². The molecule has 12 bridgehead atoms. The second kappa shape index (κ2) is 19.7. The number of para-hydroxylation sites is 2. The molecule has 2 aromatic carbocycles. The number of hydrogen-bond acceptors (Lipinski definition) is 15. The Bertz CT molecular complexity index is 2280. The van der Waals surface area contributed by atoms with Crippen LogP contribution in [0.2, 0.25) is 0 Å². The maximum Gasteiger partial charge on any atom is 0.538 e. The third-order valence-electron chi connectivity index (χ3n) is 18.4. The number of carbonyl (C=O) groups is 4. The summed E-state index contributed by atoms with van der Waals surface area (Å²) in [6.45, 7) is 0.0346. The van der Waals surface area contributed by atoms with Crippen molar-refractivity contribution < 1.29 is 47.8 Å². The molecule has 12 saturated carbocycles. The summed E-state index contributed by atoms with van der Waals surface area (Å²) in [5, 5.41) is 14.9. The molecule has 0 unspecified atom stereocenters. The molecule has 2 N–H and O–H groups in total. The maximum atomic E-state index is 12.3. The Balaban J connectivity index is 0.000000124. The molecule has 17 nitrogen and oxygen atoms in total. The molecule has 2 aromatic heterocycles. The zero-order valence-corrected chi connectivity index (χ0v) is 40.3. The molecular formula is C53H69N7O10. The molecule has 0 spiro atoms. The summed E-state index contributed by atoms with van der Waals surface area (Å²) in [5.74, 6) is 8.31. The molecule has 0 atom stereocenters. The number of hydrogen-bond donors (Lipinski definition) is 1. The van der Waals surface area contributed by atoms with Gasteiger partial charge in [0.25, 0.3) is 0 Å². The fraction of sp³-hybridized carbons (Fsp3) is 0.698. The topological polar surface area (TPSA) is 211 Å². The fourth-order valence-corrected chi connectivity index (χ4v) is 16.9. The number of benzene rings is 2. The molecule has 0 amide bonds. The van der Waals surface area contributed by atoms with Crippen molar-refractivity contribution in [3.05, 3.63) is 48.5 Å². The van der Waals surface area contributed by atoms with Crippen LogP contribution in [0.5, 0.6) is 0 Å². The zero-order chi connectivity index (χ0) is 47.9. The van der Waals surface area contributed by atoms with E-state index in [1.807, 2.05) is 0 Å². The van der Waals surface area contributed by atoms with Gasteiger partial charge in [0.05, 0.1) is 0 Å². The second-order valence-corrected chi connectivity index (χ2v) is 23.6. The van der Waals surface area contributed by atoms with Gasteiger partial charge in [0.15, 0.2) is 0 Å². The zero-order valence-electron chi connectivity index (χ0n) is 40.3. The van der Waals surface area contributed by atoms with E-state index in [4.69, 9.17) is 24.9 Å². The van der Waals surface area contributed by atoms with Crippen molar-refractivity contribution >= 4 is 46.3 Å². The Morgan fingerprint density at radius 3 is 1.13 bits per heavy atom.